The summed E-state index contributed by atoms with van der Waals surface area (Å²) in [7, 11) is 0. The maximum absolute atomic E-state index is 11.9. The summed E-state index contributed by atoms with van der Waals surface area (Å²) in [6, 6.07) is -1.40. The molecular formula is C7H14F2N2. The summed E-state index contributed by atoms with van der Waals surface area (Å²) >= 11 is 0. The van der Waals surface area contributed by atoms with Crippen LogP contribution >= 0.6 is 0 Å². The van der Waals surface area contributed by atoms with Crippen LogP contribution in [0.25, 0.3) is 0 Å². The maximum Gasteiger partial charge on any atom is 0.257 e. The fourth-order valence-electron chi connectivity index (χ4n) is 0.725. The van der Waals surface area contributed by atoms with Crippen LogP contribution in [0.2, 0.25) is 0 Å². The van der Waals surface area contributed by atoms with Gasteiger partial charge in [-0.2, -0.15) is 0 Å². The fraction of sp³-hybridized carbons (Fsp3) is 0.714. The van der Waals surface area contributed by atoms with Crippen LogP contribution in [-0.2, 0) is 0 Å². The van der Waals surface area contributed by atoms with Crippen molar-refractivity contribution in [3.05, 3.63) is 11.6 Å². The molecule has 2 atom stereocenters. The molecule has 0 aromatic heterocycles. The lowest BCUT2D eigenvalue weighted by atomic mass is 10.1. The van der Waals surface area contributed by atoms with Crippen molar-refractivity contribution in [1.29, 1.82) is 0 Å². The molecule has 0 radical (unpaired) electrons. The van der Waals surface area contributed by atoms with E-state index in [0.29, 0.717) is 5.57 Å². The van der Waals surface area contributed by atoms with Crippen molar-refractivity contribution in [1.82, 2.24) is 0 Å². The van der Waals surface area contributed by atoms with E-state index in [1.165, 1.54) is 6.08 Å². The molecule has 0 amide bonds. The first-order chi connectivity index (χ1) is 4.95. The summed E-state index contributed by atoms with van der Waals surface area (Å²) in [5, 5.41) is 0. The van der Waals surface area contributed by atoms with Gasteiger partial charge in [0.05, 0.1) is 6.04 Å². The number of rotatable bonds is 3. The molecule has 66 valence electrons. The third-order valence-corrected chi connectivity index (χ3v) is 1.32. The molecule has 0 aliphatic rings. The van der Waals surface area contributed by atoms with Gasteiger partial charge in [0.25, 0.3) is 6.43 Å². The highest BCUT2D eigenvalue weighted by Crippen LogP contribution is 2.08. The van der Waals surface area contributed by atoms with Crippen LogP contribution in [0.15, 0.2) is 11.6 Å². The van der Waals surface area contributed by atoms with Gasteiger partial charge in [0.15, 0.2) is 0 Å². The minimum atomic E-state index is -2.51. The normalized spacial score (nSPS) is 18.6. The van der Waals surface area contributed by atoms with Crippen molar-refractivity contribution in [2.24, 2.45) is 11.5 Å². The van der Waals surface area contributed by atoms with Crippen LogP contribution in [0.3, 0.4) is 0 Å². The van der Waals surface area contributed by atoms with Crippen LogP contribution in [0, 0.1) is 0 Å². The molecule has 2 nitrogen and oxygen atoms in total. The molecule has 11 heavy (non-hydrogen) atoms. The Morgan fingerprint density at radius 1 is 1.36 bits per heavy atom. The molecule has 0 aliphatic heterocycles. The minimum absolute atomic E-state index is 0.222. The predicted octanol–water partition coefficient (Wildman–Crippen LogP) is 0.872. The monoisotopic (exact) mass is 164 g/mol. The van der Waals surface area contributed by atoms with Crippen LogP contribution < -0.4 is 11.5 Å². The average molecular weight is 164 g/mol. The summed E-state index contributed by atoms with van der Waals surface area (Å²) < 4.78 is 23.8. The zero-order valence-corrected chi connectivity index (χ0v) is 6.72. The number of halogens is 2. The third kappa shape index (κ3) is 4.06. The molecule has 4 N–H and O–H groups in total. The molecule has 0 saturated carbocycles. The number of hydrogen-bond donors (Lipinski definition) is 2. The smallest absolute Gasteiger partial charge is 0.257 e. The lowest BCUT2D eigenvalue weighted by Crippen LogP contribution is -2.30. The van der Waals surface area contributed by atoms with E-state index >= 15 is 0 Å². The first-order valence-electron chi connectivity index (χ1n) is 3.42. The summed E-state index contributed by atoms with van der Waals surface area (Å²) in [6.07, 6.45) is -0.971. The number of hydrogen-bond acceptors (Lipinski definition) is 2. The highest BCUT2D eigenvalue weighted by Gasteiger charge is 2.16. The number of nitrogens with two attached hydrogens (primary N) is 2. The van der Waals surface area contributed by atoms with Crippen molar-refractivity contribution >= 4 is 0 Å². The van der Waals surface area contributed by atoms with Gasteiger partial charge < -0.3 is 11.5 Å². The lowest BCUT2D eigenvalue weighted by molar-refractivity contribution is 0.129. The molecule has 0 spiro atoms. The summed E-state index contributed by atoms with van der Waals surface area (Å²) in [5.41, 5.74) is 10.9. The van der Waals surface area contributed by atoms with Crippen LogP contribution in [0.5, 0.6) is 0 Å². The quantitative estimate of drug-likeness (QED) is 0.608. The summed E-state index contributed by atoms with van der Waals surface area (Å²) in [6.45, 7) is 3.27. The zero-order valence-electron chi connectivity index (χ0n) is 6.72. The van der Waals surface area contributed by atoms with E-state index in [1.807, 2.05) is 0 Å². The van der Waals surface area contributed by atoms with Gasteiger partial charge in [0.2, 0.25) is 0 Å². The highest BCUT2D eigenvalue weighted by atomic mass is 19.3. The Kier molecular flexibility index (Phi) is 4.22. The number of alkyl halides is 2. The Labute approximate surface area is 65.3 Å². The Balaban J connectivity index is 4.11. The fourth-order valence-corrected chi connectivity index (χ4v) is 0.725. The van der Waals surface area contributed by atoms with E-state index < -0.39 is 12.5 Å². The van der Waals surface area contributed by atoms with Gasteiger partial charge in [0.1, 0.15) is 0 Å². The van der Waals surface area contributed by atoms with Crippen LogP contribution in [-0.4, -0.2) is 18.5 Å². The van der Waals surface area contributed by atoms with Gasteiger partial charge in [-0.3, -0.25) is 0 Å². The average Bonchev–Trinajstić information content (AvgIpc) is 1.84. The van der Waals surface area contributed by atoms with Gasteiger partial charge in [-0.1, -0.05) is 11.6 Å². The third-order valence-electron chi connectivity index (χ3n) is 1.32. The molecule has 0 saturated heterocycles. The first-order valence-corrected chi connectivity index (χ1v) is 3.42. The molecule has 0 fully saturated rings. The van der Waals surface area contributed by atoms with Crippen molar-refractivity contribution in [3.8, 4) is 0 Å². The van der Waals surface area contributed by atoms with Crippen LogP contribution in [0.1, 0.15) is 13.8 Å². The summed E-state index contributed by atoms with van der Waals surface area (Å²) in [5.74, 6) is 0. The molecule has 0 bridgehead atoms. The second-order valence-corrected chi connectivity index (χ2v) is 2.63. The molecule has 2 unspecified atom stereocenters. The molecule has 0 aliphatic carbocycles. The van der Waals surface area contributed by atoms with Crippen molar-refractivity contribution in [2.75, 3.05) is 0 Å². The van der Waals surface area contributed by atoms with E-state index in [9.17, 15) is 8.78 Å². The Bertz CT molecular complexity index is 143. The summed E-state index contributed by atoms with van der Waals surface area (Å²) in [4.78, 5) is 0. The second kappa shape index (κ2) is 4.41. The molecule has 0 aromatic carbocycles. The first kappa shape index (κ1) is 10.5. The maximum atomic E-state index is 11.9. The van der Waals surface area contributed by atoms with Crippen molar-refractivity contribution < 1.29 is 8.78 Å². The SMILES string of the molecule is C/C(=C\C(C)N)C(N)C(F)F. The van der Waals surface area contributed by atoms with Gasteiger partial charge in [-0.05, 0) is 13.8 Å². The predicted molar refractivity (Wildman–Crippen MR) is 41.4 cm³/mol. The van der Waals surface area contributed by atoms with Gasteiger partial charge in [-0.15, -0.1) is 0 Å². The van der Waals surface area contributed by atoms with Crippen LogP contribution in [0.4, 0.5) is 8.78 Å². The Morgan fingerprint density at radius 3 is 2.09 bits per heavy atom. The Morgan fingerprint density at radius 2 is 1.82 bits per heavy atom. The largest absolute Gasteiger partial charge is 0.325 e. The van der Waals surface area contributed by atoms with Crippen molar-refractivity contribution in [2.45, 2.75) is 32.4 Å². The standard InChI is InChI=1S/C7H14F2N2/c1-4(3-5(2)10)6(11)7(8)9/h3,5-7H,10-11H2,1-2H3/b4-3+. The molecule has 4 heteroatoms. The second-order valence-electron chi connectivity index (χ2n) is 2.63. The van der Waals surface area contributed by atoms with Gasteiger partial charge in [-0.25, -0.2) is 8.78 Å². The van der Waals surface area contributed by atoms with E-state index in [1.54, 1.807) is 13.8 Å². The topological polar surface area (TPSA) is 52.0 Å². The molecule has 0 rings (SSSR count). The van der Waals surface area contributed by atoms with Gasteiger partial charge >= 0.3 is 0 Å². The zero-order chi connectivity index (χ0) is 9.02. The van der Waals surface area contributed by atoms with E-state index in [4.69, 9.17) is 11.5 Å². The van der Waals surface area contributed by atoms with Crippen molar-refractivity contribution in [3.63, 3.8) is 0 Å². The Hall–Kier alpha value is -0.480. The van der Waals surface area contributed by atoms with E-state index in [-0.39, 0.29) is 6.04 Å². The van der Waals surface area contributed by atoms with E-state index in [0.717, 1.165) is 0 Å². The lowest BCUT2D eigenvalue weighted by Gasteiger charge is -2.11. The molecule has 0 aromatic rings. The van der Waals surface area contributed by atoms with E-state index in [2.05, 4.69) is 0 Å². The molecular weight excluding hydrogens is 150 g/mol. The van der Waals surface area contributed by atoms with Gasteiger partial charge in [0, 0.05) is 6.04 Å². The molecule has 0 heterocycles. The minimum Gasteiger partial charge on any atom is -0.325 e. The highest BCUT2D eigenvalue weighted by molar-refractivity contribution is 5.10.